The molecular formula is C10H17NO. The van der Waals surface area contributed by atoms with E-state index in [4.69, 9.17) is 0 Å². The molecule has 0 saturated heterocycles. The third-order valence-electron chi connectivity index (χ3n) is 2.76. The van der Waals surface area contributed by atoms with Crippen LogP contribution in [0.2, 0.25) is 0 Å². The fraction of sp³-hybridized carbons (Fsp3) is 0.800. The average Bonchev–Trinajstić information content (AvgIpc) is 2.08. The number of nitrogens with zero attached hydrogens (tertiary/aromatic N) is 1. The van der Waals surface area contributed by atoms with Gasteiger partial charge in [0.05, 0.1) is 5.71 Å². The summed E-state index contributed by atoms with van der Waals surface area (Å²) in [6.07, 6.45) is 1.72. The maximum absolute atomic E-state index is 11.4. The molecule has 2 nitrogen and oxygen atoms in total. The molecule has 0 bridgehead atoms. The minimum atomic E-state index is 0.231. The fourth-order valence-corrected chi connectivity index (χ4v) is 1.58. The first kappa shape index (κ1) is 9.43. The maximum atomic E-state index is 11.4. The molecule has 1 aliphatic heterocycles. The van der Waals surface area contributed by atoms with Gasteiger partial charge in [-0.25, -0.2) is 0 Å². The van der Waals surface area contributed by atoms with Crippen LogP contribution in [-0.4, -0.2) is 18.0 Å². The zero-order chi connectivity index (χ0) is 9.14. The smallest absolute Gasteiger partial charge is 0.176 e. The second-order valence-corrected chi connectivity index (χ2v) is 3.60. The Hall–Kier alpha value is -0.660. The molecule has 0 N–H and O–H groups in total. The van der Waals surface area contributed by atoms with Gasteiger partial charge in [-0.2, -0.15) is 0 Å². The molecule has 0 radical (unpaired) electrons. The predicted octanol–water partition coefficient (Wildman–Crippen LogP) is 2.08. The van der Waals surface area contributed by atoms with Gasteiger partial charge in [-0.1, -0.05) is 20.8 Å². The van der Waals surface area contributed by atoms with E-state index in [1.165, 1.54) is 0 Å². The van der Waals surface area contributed by atoms with Crippen LogP contribution in [0, 0.1) is 11.8 Å². The number of carbonyl (C=O) groups excluding carboxylic acids is 1. The van der Waals surface area contributed by atoms with Crippen LogP contribution in [0.4, 0.5) is 0 Å². The molecule has 0 aromatic carbocycles. The highest BCUT2D eigenvalue weighted by atomic mass is 16.1. The van der Waals surface area contributed by atoms with Crippen molar-refractivity contribution >= 4 is 11.5 Å². The van der Waals surface area contributed by atoms with Gasteiger partial charge in [0.1, 0.15) is 0 Å². The molecule has 0 aromatic heterocycles. The van der Waals surface area contributed by atoms with Crippen LogP contribution in [-0.2, 0) is 4.79 Å². The normalized spacial score (nSPS) is 29.8. The van der Waals surface area contributed by atoms with Crippen LogP contribution < -0.4 is 0 Å². The van der Waals surface area contributed by atoms with E-state index >= 15 is 0 Å². The summed E-state index contributed by atoms with van der Waals surface area (Å²) in [7, 11) is 0. The van der Waals surface area contributed by atoms with E-state index < -0.39 is 0 Å². The van der Waals surface area contributed by atoms with Crippen molar-refractivity contribution in [3.8, 4) is 0 Å². The Bertz CT molecular complexity index is 208. The van der Waals surface area contributed by atoms with Crippen LogP contribution in [0.1, 0.15) is 33.6 Å². The van der Waals surface area contributed by atoms with Crippen LogP contribution in [0.5, 0.6) is 0 Å². The first-order chi connectivity index (χ1) is 5.66. The number of hydrogen-bond acceptors (Lipinski definition) is 2. The van der Waals surface area contributed by atoms with Gasteiger partial charge < -0.3 is 0 Å². The summed E-state index contributed by atoms with van der Waals surface area (Å²) in [5.74, 6) is 1.22. The molecule has 2 atom stereocenters. The van der Waals surface area contributed by atoms with Gasteiger partial charge in [0.25, 0.3) is 0 Å². The summed E-state index contributed by atoms with van der Waals surface area (Å²) < 4.78 is 0. The van der Waals surface area contributed by atoms with Crippen molar-refractivity contribution in [3.63, 3.8) is 0 Å². The van der Waals surface area contributed by atoms with Gasteiger partial charge in [-0.15, -0.1) is 0 Å². The van der Waals surface area contributed by atoms with E-state index in [0.717, 1.165) is 18.7 Å². The molecule has 0 aromatic rings. The molecule has 68 valence electrons. The molecule has 1 aliphatic rings. The third kappa shape index (κ3) is 1.74. The van der Waals surface area contributed by atoms with Crippen molar-refractivity contribution in [2.75, 3.05) is 6.54 Å². The zero-order valence-electron chi connectivity index (χ0n) is 8.13. The molecular weight excluding hydrogens is 150 g/mol. The average molecular weight is 167 g/mol. The number of hydrogen-bond donors (Lipinski definition) is 0. The van der Waals surface area contributed by atoms with Gasteiger partial charge in [-0.3, -0.25) is 9.79 Å². The molecule has 1 heterocycles. The Labute approximate surface area is 74.1 Å². The van der Waals surface area contributed by atoms with Gasteiger partial charge in [0.15, 0.2) is 5.78 Å². The molecule has 2 unspecified atom stereocenters. The van der Waals surface area contributed by atoms with Crippen molar-refractivity contribution in [2.45, 2.75) is 33.6 Å². The molecule has 0 amide bonds. The molecule has 12 heavy (non-hydrogen) atoms. The Kier molecular flexibility index (Phi) is 3.01. The molecule has 0 aliphatic carbocycles. The maximum Gasteiger partial charge on any atom is 0.176 e. The monoisotopic (exact) mass is 167 g/mol. The van der Waals surface area contributed by atoms with Crippen molar-refractivity contribution in [2.24, 2.45) is 16.8 Å². The lowest BCUT2D eigenvalue weighted by molar-refractivity contribution is -0.113. The molecule has 0 spiro atoms. The number of Topliss-reactive ketones (excluding diaryl/α,β-unsaturated/α-hetero) is 1. The highest BCUT2D eigenvalue weighted by Crippen LogP contribution is 2.22. The first-order valence-corrected chi connectivity index (χ1v) is 4.74. The van der Waals surface area contributed by atoms with Crippen LogP contribution in [0.25, 0.3) is 0 Å². The Morgan fingerprint density at radius 3 is 2.83 bits per heavy atom. The van der Waals surface area contributed by atoms with Crippen molar-refractivity contribution < 1.29 is 4.79 Å². The topological polar surface area (TPSA) is 29.4 Å². The summed E-state index contributed by atoms with van der Waals surface area (Å²) in [6.45, 7) is 7.04. The minimum Gasteiger partial charge on any atom is -0.293 e. The van der Waals surface area contributed by atoms with E-state index in [2.05, 4.69) is 18.8 Å². The van der Waals surface area contributed by atoms with Crippen LogP contribution >= 0.6 is 0 Å². The molecule has 2 heteroatoms. The molecule has 1 rings (SSSR count). The molecule has 0 fully saturated rings. The SMILES string of the molecule is CCC(=O)C1=NCCC(C)C1C. The van der Waals surface area contributed by atoms with Crippen molar-refractivity contribution in [3.05, 3.63) is 0 Å². The summed E-state index contributed by atoms with van der Waals surface area (Å²) >= 11 is 0. The van der Waals surface area contributed by atoms with E-state index in [-0.39, 0.29) is 5.78 Å². The Balaban J connectivity index is 2.75. The van der Waals surface area contributed by atoms with E-state index in [1.807, 2.05) is 6.92 Å². The zero-order valence-corrected chi connectivity index (χ0v) is 8.13. The number of ketones is 1. The second-order valence-electron chi connectivity index (χ2n) is 3.60. The summed E-state index contributed by atoms with van der Waals surface area (Å²) in [4.78, 5) is 15.7. The van der Waals surface area contributed by atoms with Gasteiger partial charge in [0.2, 0.25) is 0 Å². The summed E-state index contributed by atoms with van der Waals surface area (Å²) in [5, 5.41) is 0. The van der Waals surface area contributed by atoms with E-state index in [9.17, 15) is 4.79 Å². The van der Waals surface area contributed by atoms with Crippen molar-refractivity contribution in [1.82, 2.24) is 0 Å². The lowest BCUT2D eigenvalue weighted by Crippen LogP contribution is -2.30. The highest BCUT2D eigenvalue weighted by Gasteiger charge is 2.25. The van der Waals surface area contributed by atoms with Gasteiger partial charge in [0, 0.05) is 18.9 Å². The minimum absolute atomic E-state index is 0.231. The third-order valence-corrected chi connectivity index (χ3v) is 2.76. The molecule has 0 saturated carbocycles. The van der Waals surface area contributed by atoms with Gasteiger partial charge in [-0.05, 0) is 12.3 Å². The number of rotatable bonds is 2. The first-order valence-electron chi connectivity index (χ1n) is 4.74. The quantitative estimate of drug-likeness (QED) is 0.619. The number of aliphatic imine (C=N–C) groups is 1. The largest absolute Gasteiger partial charge is 0.293 e. The van der Waals surface area contributed by atoms with Crippen LogP contribution in [0.3, 0.4) is 0 Å². The van der Waals surface area contributed by atoms with Crippen LogP contribution in [0.15, 0.2) is 4.99 Å². The fourth-order valence-electron chi connectivity index (χ4n) is 1.58. The van der Waals surface area contributed by atoms with E-state index in [0.29, 0.717) is 18.3 Å². The summed E-state index contributed by atoms with van der Waals surface area (Å²) in [6, 6.07) is 0. The van der Waals surface area contributed by atoms with Gasteiger partial charge >= 0.3 is 0 Å². The summed E-state index contributed by atoms with van der Waals surface area (Å²) in [5.41, 5.74) is 0.830. The Morgan fingerprint density at radius 1 is 1.58 bits per heavy atom. The predicted molar refractivity (Wildman–Crippen MR) is 50.5 cm³/mol. The lowest BCUT2D eigenvalue weighted by Gasteiger charge is -2.24. The number of carbonyl (C=O) groups is 1. The van der Waals surface area contributed by atoms with E-state index in [1.54, 1.807) is 0 Å². The Morgan fingerprint density at radius 2 is 2.25 bits per heavy atom. The lowest BCUT2D eigenvalue weighted by atomic mass is 9.84. The standard InChI is InChI=1S/C10H17NO/c1-4-9(12)10-8(3)7(2)5-6-11-10/h7-8H,4-6H2,1-3H3. The highest BCUT2D eigenvalue weighted by molar-refractivity contribution is 6.40. The second kappa shape index (κ2) is 3.83. The van der Waals surface area contributed by atoms with Crippen molar-refractivity contribution in [1.29, 1.82) is 0 Å².